The fourth-order valence-corrected chi connectivity index (χ4v) is 2.43. The molecule has 1 unspecified atom stereocenters. The molecule has 2 N–H and O–H groups in total. The Morgan fingerprint density at radius 3 is 2.55 bits per heavy atom. The highest BCUT2D eigenvalue weighted by Gasteiger charge is 2.24. The summed E-state index contributed by atoms with van der Waals surface area (Å²) in [5.74, 6) is 1.45. The Hall–Kier alpha value is -1.06. The molecule has 0 heterocycles. The Kier molecular flexibility index (Phi) is 7.03. The Morgan fingerprint density at radius 1 is 1.30 bits per heavy atom. The van der Waals surface area contributed by atoms with Gasteiger partial charge in [-0.3, -0.25) is 0 Å². The van der Waals surface area contributed by atoms with Crippen LogP contribution in [0.2, 0.25) is 0 Å². The Labute approximate surface area is 123 Å². The Morgan fingerprint density at radius 2 is 2.00 bits per heavy atom. The van der Waals surface area contributed by atoms with Gasteiger partial charge in [-0.25, -0.2) is 0 Å². The minimum atomic E-state index is -0.166. The van der Waals surface area contributed by atoms with Gasteiger partial charge in [0.2, 0.25) is 0 Å². The van der Waals surface area contributed by atoms with Crippen molar-refractivity contribution in [2.75, 3.05) is 20.3 Å². The summed E-state index contributed by atoms with van der Waals surface area (Å²) in [6.07, 6.45) is 2.77. The van der Waals surface area contributed by atoms with Gasteiger partial charge in [0.25, 0.3) is 0 Å². The Balaban J connectivity index is 2.49. The molecule has 0 saturated heterocycles. The summed E-state index contributed by atoms with van der Waals surface area (Å²) < 4.78 is 5.92. The summed E-state index contributed by atoms with van der Waals surface area (Å²) in [5, 5.41) is 12.7. The van der Waals surface area contributed by atoms with Crippen LogP contribution in [0.1, 0.15) is 51.5 Å². The number of benzene rings is 1. The van der Waals surface area contributed by atoms with Gasteiger partial charge < -0.3 is 15.2 Å². The van der Waals surface area contributed by atoms with Gasteiger partial charge in [-0.15, -0.1) is 0 Å². The average molecular weight is 279 g/mol. The van der Waals surface area contributed by atoms with E-state index in [1.54, 1.807) is 0 Å². The summed E-state index contributed by atoms with van der Waals surface area (Å²) in [5.41, 5.74) is 1.09. The van der Waals surface area contributed by atoms with E-state index in [9.17, 15) is 5.11 Å². The molecular weight excluding hydrogens is 250 g/mol. The van der Waals surface area contributed by atoms with Crippen molar-refractivity contribution in [2.45, 2.75) is 51.5 Å². The molecule has 1 aromatic carbocycles. The van der Waals surface area contributed by atoms with E-state index in [-0.39, 0.29) is 12.1 Å². The van der Waals surface area contributed by atoms with E-state index < -0.39 is 0 Å². The molecule has 0 fully saturated rings. The van der Waals surface area contributed by atoms with Crippen molar-refractivity contribution in [3.05, 3.63) is 29.8 Å². The molecular formula is C17H29NO2. The van der Waals surface area contributed by atoms with E-state index in [2.05, 4.69) is 38.2 Å². The standard InChI is InChI=1S/C17H29NO2/c1-5-17(13-19,18-4)11-8-12-20-16-10-7-6-9-15(16)14(2)3/h6-7,9-10,14,18-19H,5,8,11-13H2,1-4H3. The number of nitrogens with one attached hydrogen (secondary N) is 1. The van der Waals surface area contributed by atoms with Crippen LogP contribution < -0.4 is 10.1 Å². The Bertz CT molecular complexity index is 378. The highest BCUT2D eigenvalue weighted by molar-refractivity contribution is 5.35. The molecule has 1 aromatic rings. The van der Waals surface area contributed by atoms with Crippen molar-refractivity contribution >= 4 is 0 Å². The van der Waals surface area contributed by atoms with E-state index in [1.807, 2.05) is 19.2 Å². The molecule has 3 nitrogen and oxygen atoms in total. The van der Waals surface area contributed by atoms with Gasteiger partial charge in [0.05, 0.1) is 13.2 Å². The van der Waals surface area contributed by atoms with Gasteiger partial charge in [-0.1, -0.05) is 39.0 Å². The lowest BCUT2D eigenvalue weighted by atomic mass is 9.92. The van der Waals surface area contributed by atoms with E-state index in [1.165, 1.54) is 5.56 Å². The highest BCUT2D eigenvalue weighted by Crippen LogP contribution is 2.26. The molecule has 0 aliphatic heterocycles. The van der Waals surface area contributed by atoms with Crippen molar-refractivity contribution in [2.24, 2.45) is 0 Å². The lowest BCUT2D eigenvalue weighted by Gasteiger charge is -2.30. The molecule has 0 spiro atoms. The predicted molar refractivity (Wildman–Crippen MR) is 84.4 cm³/mol. The van der Waals surface area contributed by atoms with Crippen molar-refractivity contribution in [3.63, 3.8) is 0 Å². The summed E-state index contributed by atoms with van der Waals surface area (Å²) in [6.45, 7) is 7.31. The molecule has 0 aliphatic carbocycles. The normalized spacial score (nSPS) is 14.3. The van der Waals surface area contributed by atoms with Crippen LogP contribution in [0.5, 0.6) is 5.75 Å². The van der Waals surface area contributed by atoms with Crippen molar-refractivity contribution < 1.29 is 9.84 Å². The lowest BCUT2D eigenvalue weighted by molar-refractivity contribution is 0.145. The third kappa shape index (κ3) is 4.50. The van der Waals surface area contributed by atoms with Gasteiger partial charge in [0.15, 0.2) is 0 Å². The summed E-state index contributed by atoms with van der Waals surface area (Å²) in [4.78, 5) is 0. The lowest BCUT2D eigenvalue weighted by Crippen LogP contribution is -2.46. The molecule has 3 heteroatoms. The zero-order valence-electron chi connectivity index (χ0n) is 13.3. The molecule has 0 aromatic heterocycles. The predicted octanol–water partition coefficient (Wildman–Crippen LogP) is 3.33. The second-order valence-electron chi connectivity index (χ2n) is 5.69. The van der Waals surface area contributed by atoms with Crippen molar-refractivity contribution in [1.82, 2.24) is 5.32 Å². The largest absolute Gasteiger partial charge is 0.493 e. The van der Waals surface area contributed by atoms with E-state index in [0.29, 0.717) is 12.5 Å². The number of rotatable bonds is 9. The number of para-hydroxylation sites is 1. The molecule has 1 rings (SSSR count). The van der Waals surface area contributed by atoms with Crippen LogP contribution >= 0.6 is 0 Å². The fraction of sp³-hybridized carbons (Fsp3) is 0.647. The first-order valence-electron chi connectivity index (χ1n) is 7.60. The number of hydrogen-bond donors (Lipinski definition) is 2. The number of ether oxygens (including phenoxy) is 1. The van der Waals surface area contributed by atoms with E-state index in [4.69, 9.17) is 4.74 Å². The van der Waals surface area contributed by atoms with Crippen LogP contribution in [0, 0.1) is 0 Å². The minimum Gasteiger partial charge on any atom is -0.493 e. The zero-order valence-corrected chi connectivity index (χ0v) is 13.3. The van der Waals surface area contributed by atoms with Gasteiger partial charge >= 0.3 is 0 Å². The third-order valence-electron chi connectivity index (χ3n) is 4.11. The fourth-order valence-electron chi connectivity index (χ4n) is 2.43. The molecule has 0 amide bonds. The van der Waals surface area contributed by atoms with E-state index in [0.717, 1.165) is 25.0 Å². The molecule has 0 bridgehead atoms. The smallest absolute Gasteiger partial charge is 0.122 e. The van der Waals surface area contributed by atoms with E-state index >= 15 is 0 Å². The maximum absolute atomic E-state index is 9.51. The monoisotopic (exact) mass is 279 g/mol. The first kappa shape index (κ1) is 17.0. The maximum Gasteiger partial charge on any atom is 0.122 e. The topological polar surface area (TPSA) is 41.5 Å². The number of hydrogen-bond acceptors (Lipinski definition) is 3. The molecule has 0 aliphatic rings. The first-order chi connectivity index (χ1) is 9.58. The van der Waals surface area contributed by atoms with Crippen LogP contribution in [-0.4, -0.2) is 30.9 Å². The van der Waals surface area contributed by atoms with Gasteiger partial charge in [0.1, 0.15) is 5.75 Å². The molecule has 20 heavy (non-hydrogen) atoms. The second-order valence-corrected chi connectivity index (χ2v) is 5.69. The summed E-state index contributed by atoms with van der Waals surface area (Å²) in [7, 11) is 1.91. The zero-order chi connectivity index (χ0) is 15.0. The van der Waals surface area contributed by atoms with Crippen molar-refractivity contribution in [3.8, 4) is 5.75 Å². The molecule has 1 atom stereocenters. The summed E-state index contributed by atoms with van der Waals surface area (Å²) >= 11 is 0. The number of aliphatic hydroxyl groups excluding tert-OH is 1. The van der Waals surface area contributed by atoms with Gasteiger partial charge in [0, 0.05) is 5.54 Å². The summed E-state index contributed by atoms with van der Waals surface area (Å²) in [6, 6.07) is 8.22. The van der Waals surface area contributed by atoms with Crippen LogP contribution in [0.15, 0.2) is 24.3 Å². The van der Waals surface area contributed by atoms with Gasteiger partial charge in [-0.2, -0.15) is 0 Å². The quantitative estimate of drug-likeness (QED) is 0.681. The molecule has 0 radical (unpaired) electrons. The molecule has 0 saturated carbocycles. The number of likely N-dealkylation sites (N-methyl/N-ethyl adjacent to an activating group) is 1. The molecule has 114 valence electrons. The number of aliphatic hydroxyl groups is 1. The maximum atomic E-state index is 9.51. The highest BCUT2D eigenvalue weighted by atomic mass is 16.5. The first-order valence-corrected chi connectivity index (χ1v) is 7.60. The van der Waals surface area contributed by atoms with Crippen LogP contribution in [0.3, 0.4) is 0 Å². The SMILES string of the molecule is CCC(CO)(CCCOc1ccccc1C(C)C)NC. The van der Waals surface area contributed by atoms with Crippen molar-refractivity contribution in [1.29, 1.82) is 0 Å². The van der Waals surface area contributed by atoms with Crippen LogP contribution in [-0.2, 0) is 0 Å². The third-order valence-corrected chi connectivity index (χ3v) is 4.11. The minimum absolute atomic E-state index is 0.166. The van der Waals surface area contributed by atoms with Crippen LogP contribution in [0.25, 0.3) is 0 Å². The second kappa shape index (κ2) is 8.28. The van der Waals surface area contributed by atoms with Gasteiger partial charge in [-0.05, 0) is 43.9 Å². The van der Waals surface area contributed by atoms with Crippen LogP contribution in [0.4, 0.5) is 0 Å². The average Bonchev–Trinajstić information content (AvgIpc) is 2.48.